The fourth-order valence-electron chi connectivity index (χ4n) is 1.40. The van der Waals surface area contributed by atoms with Gasteiger partial charge < -0.3 is 11.5 Å². The first-order chi connectivity index (χ1) is 4.63. The van der Waals surface area contributed by atoms with Gasteiger partial charge in [0.05, 0.1) is 0 Å². The Balaban J connectivity index is 2.63. The summed E-state index contributed by atoms with van der Waals surface area (Å²) in [5.41, 5.74) is 10.7. The Bertz CT molecular complexity index is 138. The van der Waals surface area contributed by atoms with E-state index in [0.717, 1.165) is 13.0 Å². The maximum absolute atomic E-state index is 10.7. The molecule has 0 bridgehead atoms. The quantitative estimate of drug-likeness (QED) is 0.469. The zero-order valence-electron chi connectivity index (χ0n) is 6.08. The second-order valence-corrected chi connectivity index (χ2v) is 2.78. The highest BCUT2D eigenvalue weighted by Gasteiger charge is 2.32. The maximum Gasteiger partial charge on any atom is 0.236 e. The number of carbonyl (C=O) groups excluding carboxylic acids is 1. The highest BCUT2D eigenvalue weighted by atomic mass is 16.1. The van der Waals surface area contributed by atoms with E-state index in [0.29, 0.717) is 0 Å². The Morgan fingerprint density at radius 2 is 2.30 bits per heavy atom. The molecule has 4 heteroatoms. The van der Waals surface area contributed by atoms with Crippen LogP contribution in [0.2, 0.25) is 0 Å². The van der Waals surface area contributed by atoms with E-state index in [-0.39, 0.29) is 18.0 Å². The lowest BCUT2D eigenvalue weighted by Gasteiger charge is -2.18. The topological polar surface area (TPSA) is 72.3 Å². The minimum atomic E-state index is -0.312. The third kappa shape index (κ3) is 1.12. The summed E-state index contributed by atoms with van der Waals surface area (Å²) in [6, 6.07) is -0.317. The summed E-state index contributed by atoms with van der Waals surface area (Å²) in [5.74, 6) is -0.312. The van der Waals surface area contributed by atoms with Gasteiger partial charge in [0.1, 0.15) is 6.04 Å². The molecule has 1 heterocycles. The van der Waals surface area contributed by atoms with E-state index >= 15 is 0 Å². The molecule has 1 aliphatic heterocycles. The van der Waals surface area contributed by atoms with Gasteiger partial charge >= 0.3 is 0 Å². The summed E-state index contributed by atoms with van der Waals surface area (Å²) in [7, 11) is 1.86. The first kappa shape index (κ1) is 7.50. The van der Waals surface area contributed by atoms with Gasteiger partial charge in [0, 0.05) is 12.6 Å². The van der Waals surface area contributed by atoms with Crippen LogP contribution in [0, 0.1) is 0 Å². The molecule has 0 aromatic rings. The molecule has 0 spiro atoms. The standard InChI is InChI=1S/C6H13N3O/c1-9-3-2-4(7)5(9)6(8)10/h4-5H,2-3,7H2,1H3,(H2,8,10). The second kappa shape index (κ2) is 2.56. The molecule has 0 aromatic heterocycles. The highest BCUT2D eigenvalue weighted by molar-refractivity contribution is 5.81. The van der Waals surface area contributed by atoms with Gasteiger partial charge in [-0.05, 0) is 13.5 Å². The third-order valence-electron chi connectivity index (χ3n) is 1.99. The first-order valence-electron chi connectivity index (χ1n) is 3.38. The molecule has 2 unspecified atom stereocenters. The van der Waals surface area contributed by atoms with E-state index in [4.69, 9.17) is 11.5 Å². The Morgan fingerprint density at radius 3 is 2.50 bits per heavy atom. The van der Waals surface area contributed by atoms with E-state index in [1.54, 1.807) is 0 Å². The molecule has 2 atom stereocenters. The van der Waals surface area contributed by atoms with Crippen molar-refractivity contribution < 1.29 is 4.79 Å². The predicted molar refractivity (Wildman–Crippen MR) is 38.2 cm³/mol. The number of amides is 1. The van der Waals surface area contributed by atoms with Crippen LogP contribution in [0.4, 0.5) is 0 Å². The molecule has 4 N–H and O–H groups in total. The molecule has 1 fully saturated rings. The summed E-state index contributed by atoms with van der Waals surface area (Å²) in [5, 5.41) is 0. The number of rotatable bonds is 1. The van der Waals surface area contributed by atoms with Crippen LogP contribution in [0.3, 0.4) is 0 Å². The Morgan fingerprint density at radius 1 is 1.70 bits per heavy atom. The van der Waals surface area contributed by atoms with Crippen LogP contribution >= 0.6 is 0 Å². The molecule has 0 aliphatic carbocycles. The lowest BCUT2D eigenvalue weighted by atomic mass is 10.1. The van der Waals surface area contributed by atoms with E-state index in [1.165, 1.54) is 0 Å². The van der Waals surface area contributed by atoms with Crippen molar-refractivity contribution in [3.05, 3.63) is 0 Å². The van der Waals surface area contributed by atoms with Crippen molar-refractivity contribution >= 4 is 5.91 Å². The fourth-order valence-corrected chi connectivity index (χ4v) is 1.40. The van der Waals surface area contributed by atoms with Crippen molar-refractivity contribution in [2.24, 2.45) is 11.5 Å². The molecular weight excluding hydrogens is 130 g/mol. The van der Waals surface area contributed by atoms with Crippen LogP contribution in [0.15, 0.2) is 0 Å². The van der Waals surface area contributed by atoms with Crippen LogP contribution < -0.4 is 11.5 Å². The molecule has 4 nitrogen and oxygen atoms in total. The van der Waals surface area contributed by atoms with E-state index in [9.17, 15) is 4.79 Å². The smallest absolute Gasteiger partial charge is 0.236 e. The lowest BCUT2D eigenvalue weighted by Crippen LogP contribution is -2.47. The molecule has 58 valence electrons. The molecular formula is C6H13N3O. The highest BCUT2D eigenvalue weighted by Crippen LogP contribution is 2.12. The number of likely N-dealkylation sites (tertiary alicyclic amines) is 1. The summed E-state index contributed by atoms with van der Waals surface area (Å²) in [6.07, 6.45) is 0.865. The summed E-state index contributed by atoms with van der Waals surface area (Å²) in [6.45, 7) is 0.870. The third-order valence-corrected chi connectivity index (χ3v) is 1.99. The second-order valence-electron chi connectivity index (χ2n) is 2.78. The molecule has 1 amide bonds. The number of nitrogens with zero attached hydrogens (tertiary/aromatic N) is 1. The van der Waals surface area contributed by atoms with Gasteiger partial charge in [0.15, 0.2) is 0 Å². The molecule has 0 aromatic carbocycles. The van der Waals surface area contributed by atoms with E-state index in [1.807, 2.05) is 11.9 Å². The van der Waals surface area contributed by atoms with Gasteiger partial charge in [-0.2, -0.15) is 0 Å². The van der Waals surface area contributed by atoms with E-state index in [2.05, 4.69) is 0 Å². The summed E-state index contributed by atoms with van der Waals surface area (Å²) < 4.78 is 0. The minimum absolute atomic E-state index is 0.0671. The number of primary amides is 1. The van der Waals surface area contributed by atoms with Crippen LogP contribution in [-0.4, -0.2) is 36.5 Å². The van der Waals surface area contributed by atoms with Crippen molar-refractivity contribution in [3.63, 3.8) is 0 Å². The fraction of sp³-hybridized carbons (Fsp3) is 0.833. The zero-order chi connectivity index (χ0) is 7.72. The van der Waals surface area contributed by atoms with Crippen LogP contribution in [0.5, 0.6) is 0 Å². The average molecular weight is 143 g/mol. The average Bonchev–Trinajstić information content (AvgIpc) is 2.11. The summed E-state index contributed by atoms with van der Waals surface area (Å²) >= 11 is 0. The van der Waals surface area contributed by atoms with Gasteiger partial charge in [-0.25, -0.2) is 0 Å². The van der Waals surface area contributed by atoms with Crippen LogP contribution in [-0.2, 0) is 4.79 Å². The number of hydrogen-bond acceptors (Lipinski definition) is 3. The predicted octanol–water partition coefficient (Wildman–Crippen LogP) is -1.50. The van der Waals surface area contributed by atoms with Gasteiger partial charge in [-0.1, -0.05) is 0 Å². The van der Waals surface area contributed by atoms with Crippen molar-refractivity contribution in [1.29, 1.82) is 0 Å². The van der Waals surface area contributed by atoms with Crippen molar-refractivity contribution in [1.82, 2.24) is 4.90 Å². The Kier molecular flexibility index (Phi) is 1.92. The van der Waals surface area contributed by atoms with Crippen molar-refractivity contribution in [2.75, 3.05) is 13.6 Å². The van der Waals surface area contributed by atoms with Gasteiger partial charge in [0.2, 0.25) is 5.91 Å². The van der Waals surface area contributed by atoms with Gasteiger partial charge in [-0.3, -0.25) is 9.69 Å². The molecule has 1 saturated heterocycles. The molecule has 10 heavy (non-hydrogen) atoms. The van der Waals surface area contributed by atoms with Crippen molar-refractivity contribution in [2.45, 2.75) is 18.5 Å². The van der Waals surface area contributed by atoms with Crippen LogP contribution in [0.1, 0.15) is 6.42 Å². The number of nitrogens with two attached hydrogens (primary N) is 2. The Hall–Kier alpha value is -0.610. The monoisotopic (exact) mass is 143 g/mol. The molecule has 0 saturated carbocycles. The van der Waals surface area contributed by atoms with Gasteiger partial charge in [-0.15, -0.1) is 0 Å². The normalized spacial score (nSPS) is 34.6. The van der Waals surface area contributed by atoms with Gasteiger partial charge in [0.25, 0.3) is 0 Å². The molecule has 1 aliphatic rings. The number of hydrogen-bond donors (Lipinski definition) is 2. The summed E-state index contributed by atoms with van der Waals surface area (Å²) in [4.78, 5) is 12.6. The zero-order valence-corrected chi connectivity index (χ0v) is 6.08. The molecule has 0 radical (unpaired) electrons. The largest absolute Gasteiger partial charge is 0.368 e. The van der Waals surface area contributed by atoms with Crippen LogP contribution in [0.25, 0.3) is 0 Å². The first-order valence-corrected chi connectivity index (χ1v) is 3.38. The van der Waals surface area contributed by atoms with Crippen molar-refractivity contribution in [3.8, 4) is 0 Å². The SMILES string of the molecule is CN1CCC(N)C1C(N)=O. The number of likely N-dealkylation sites (N-methyl/N-ethyl adjacent to an activating group) is 1. The number of carbonyl (C=O) groups is 1. The molecule has 1 rings (SSSR count). The van der Waals surface area contributed by atoms with E-state index < -0.39 is 0 Å². The maximum atomic E-state index is 10.7. The minimum Gasteiger partial charge on any atom is -0.368 e. The lowest BCUT2D eigenvalue weighted by molar-refractivity contribution is -0.122. The Labute approximate surface area is 60.2 Å².